The van der Waals surface area contributed by atoms with Crippen molar-refractivity contribution in [3.05, 3.63) is 70.8 Å². The van der Waals surface area contributed by atoms with Crippen molar-refractivity contribution in [2.75, 3.05) is 11.9 Å². The van der Waals surface area contributed by atoms with Gasteiger partial charge in [-0.25, -0.2) is 0 Å². The SMILES string of the molecule is CC1CC(C)(C)N(C)c2ccc(/C=C(\C#N)C(=O)NCc3ccccc3)cc21. The van der Waals surface area contributed by atoms with Crippen molar-refractivity contribution in [2.24, 2.45) is 0 Å². The smallest absolute Gasteiger partial charge is 0.262 e. The number of carbonyl (C=O) groups excluding carboxylic acids is 1. The Morgan fingerprint density at radius 1 is 1.29 bits per heavy atom. The third kappa shape index (κ3) is 4.09. The van der Waals surface area contributed by atoms with Crippen molar-refractivity contribution < 1.29 is 4.79 Å². The fraction of sp³-hybridized carbons (Fsp3) is 0.333. The Morgan fingerprint density at radius 2 is 2.00 bits per heavy atom. The maximum atomic E-state index is 12.4. The highest BCUT2D eigenvalue weighted by molar-refractivity contribution is 6.01. The normalized spacial score (nSPS) is 18.2. The summed E-state index contributed by atoms with van der Waals surface area (Å²) in [6, 6.07) is 17.9. The van der Waals surface area contributed by atoms with E-state index in [1.54, 1.807) is 6.08 Å². The molecular weight excluding hydrogens is 346 g/mol. The average Bonchev–Trinajstić information content (AvgIpc) is 2.69. The summed E-state index contributed by atoms with van der Waals surface area (Å²) in [5.74, 6) is 0.0716. The zero-order valence-corrected chi connectivity index (χ0v) is 17.0. The lowest BCUT2D eigenvalue weighted by Crippen LogP contribution is -2.45. The number of fused-ring (bicyclic) bond motifs is 1. The van der Waals surface area contributed by atoms with E-state index in [9.17, 15) is 10.1 Å². The summed E-state index contributed by atoms with van der Waals surface area (Å²) >= 11 is 0. The molecule has 4 nitrogen and oxygen atoms in total. The zero-order valence-electron chi connectivity index (χ0n) is 17.0. The Kier molecular flexibility index (Phi) is 5.56. The van der Waals surface area contributed by atoms with Crippen molar-refractivity contribution in [1.29, 1.82) is 5.26 Å². The quantitative estimate of drug-likeness (QED) is 0.628. The van der Waals surface area contributed by atoms with Crippen molar-refractivity contribution in [2.45, 2.75) is 45.2 Å². The molecule has 0 aromatic heterocycles. The predicted molar refractivity (Wildman–Crippen MR) is 114 cm³/mol. The minimum Gasteiger partial charge on any atom is -0.369 e. The average molecular weight is 374 g/mol. The predicted octanol–water partition coefficient (Wildman–Crippen LogP) is 4.63. The van der Waals surface area contributed by atoms with Gasteiger partial charge < -0.3 is 10.2 Å². The molecule has 1 heterocycles. The van der Waals surface area contributed by atoms with Gasteiger partial charge in [-0.3, -0.25) is 4.79 Å². The molecule has 0 bridgehead atoms. The first-order valence-electron chi connectivity index (χ1n) is 9.63. The molecule has 1 N–H and O–H groups in total. The number of carbonyl (C=O) groups is 1. The number of rotatable bonds is 4. The zero-order chi connectivity index (χ0) is 20.3. The van der Waals surface area contributed by atoms with Gasteiger partial charge >= 0.3 is 0 Å². The van der Waals surface area contributed by atoms with Crippen LogP contribution in [-0.2, 0) is 11.3 Å². The Morgan fingerprint density at radius 3 is 2.68 bits per heavy atom. The van der Waals surface area contributed by atoms with Crippen LogP contribution in [0.3, 0.4) is 0 Å². The number of hydrogen-bond donors (Lipinski definition) is 1. The van der Waals surface area contributed by atoms with E-state index >= 15 is 0 Å². The second-order valence-electron chi connectivity index (χ2n) is 8.13. The van der Waals surface area contributed by atoms with Gasteiger partial charge in [-0.15, -0.1) is 0 Å². The molecule has 1 atom stereocenters. The lowest BCUT2D eigenvalue weighted by atomic mass is 9.80. The minimum absolute atomic E-state index is 0.110. The highest BCUT2D eigenvalue weighted by atomic mass is 16.1. The van der Waals surface area contributed by atoms with E-state index in [1.165, 1.54) is 11.3 Å². The van der Waals surface area contributed by atoms with Gasteiger partial charge in [0.05, 0.1) is 0 Å². The van der Waals surface area contributed by atoms with E-state index in [1.807, 2.05) is 42.5 Å². The molecular formula is C24H27N3O. The molecule has 28 heavy (non-hydrogen) atoms. The number of nitriles is 1. The van der Waals surface area contributed by atoms with Gasteiger partial charge in [0.2, 0.25) is 0 Å². The number of nitrogens with zero attached hydrogens (tertiary/aromatic N) is 2. The standard InChI is InChI=1S/C24H27N3O/c1-17-14-24(2,3)27(4)22-11-10-19(13-21(17)22)12-20(15-25)23(28)26-16-18-8-6-5-7-9-18/h5-13,17H,14,16H2,1-4H3,(H,26,28)/b20-12+. The van der Waals surface area contributed by atoms with E-state index in [-0.39, 0.29) is 17.0 Å². The molecule has 0 spiro atoms. The van der Waals surface area contributed by atoms with Gasteiger partial charge in [-0.2, -0.15) is 5.26 Å². The highest BCUT2D eigenvalue weighted by Crippen LogP contribution is 2.42. The van der Waals surface area contributed by atoms with E-state index in [0.717, 1.165) is 17.5 Å². The van der Waals surface area contributed by atoms with Crippen LogP contribution >= 0.6 is 0 Å². The summed E-state index contributed by atoms with van der Waals surface area (Å²) in [6.07, 6.45) is 2.74. The van der Waals surface area contributed by atoms with Crippen LogP contribution in [0.1, 0.15) is 49.8 Å². The Labute approximate surface area is 167 Å². The van der Waals surface area contributed by atoms with Gasteiger partial charge in [0.25, 0.3) is 5.91 Å². The summed E-state index contributed by atoms with van der Waals surface area (Å²) in [4.78, 5) is 14.7. The first-order chi connectivity index (χ1) is 13.3. The number of benzene rings is 2. The van der Waals surface area contributed by atoms with E-state index < -0.39 is 0 Å². The number of amides is 1. The molecule has 1 aliphatic rings. The van der Waals surface area contributed by atoms with Crippen LogP contribution in [0.25, 0.3) is 6.08 Å². The molecule has 4 heteroatoms. The summed E-state index contributed by atoms with van der Waals surface area (Å²) in [7, 11) is 2.12. The lowest BCUT2D eigenvalue weighted by molar-refractivity contribution is -0.117. The van der Waals surface area contributed by atoms with Crippen molar-refractivity contribution in [3.63, 3.8) is 0 Å². The lowest BCUT2D eigenvalue weighted by Gasteiger charge is -2.45. The van der Waals surface area contributed by atoms with Crippen LogP contribution in [0.5, 0.6) is 0 Å². The second-order valence-corrected chi connectivity index (χ2v) is 8.13. The molecule has 3 rings (SSSR count). The summed E-state index contributed by atoms with van der Waals surface area (Å²) < 4.78 is 0. The van der Waals surface area contributed by atoms with Gasteiger partial charge in [0.15, 0.2) is 0 Å². The van der Waals surface area contributed by atoms with E-state index in [2.05, 4.69) is 50.2 Å². The molecule has 0 saturated heterocycles. The van der Waals surface area contributed by atoms with Gasteiger partial charge in [0.1, 0.15) is 11.6 Å². The van der Waals surface area contributed by atoms with E-state index in [4.69, 9.17) is 0 Å². The summed E-state index contributed by atoms with van der Waals surface area (Å²) in [5, 5.41) is 12.3. The van der Waals surface area contributed by atoms with Crippen molar-refractivity contribution in [1.82, 2.24) is 5.32 Å². The topological polar surface area (TPSA) is 56.1 Å². The third-order valence-electron chi connectivity index (χ3n) is 5.63. The van der Waals surface area contributed by atoms with Crippen LogP contribution < -0.4 is 10.2 Å². The van der Waals surface area contributed by atoms with Crippen LogP contribution in [0, 0.1) is 11.3 Å². The second kappa shape index (κ2) is 7.90. The number of nitrogens with one attached hydrogen (secondary N) is 1. The van der Waals surface area contributed by atoms with Gasteiger partial charge in [-0.1, -0.05) is 43.3 Å². The Hall–Kier alpha value is -3.06. The van der Waals surface area contributed by atoms with Crippen LogP contribution in [0.4, 0.5) is 5.69 Å². The molecule has 0 radical (unpaired) electrons. The number of anilines is 1. The minimum atomic E-state index is -0.352. The van der Waals surface area contributed by atoms with Gasteiger partial charge in [0, 0.05) is 24.8 Å². The molecule has 1 unspecified atom stereocenters. The molecule has 0 aliphatic carbocycles. The monoisotopic (exact) mass is 373 g/mol. The Bertz CT molecular complexity index is 938. The molecule has 2 aromatic carbocycles. The highest BCUT2D eigenvalue weighted by Gasteiger charge is 2.33. The van der Waals surface area contributed by atoms with E-state index in [0.29, 0.717) is 12.5 Å². The molecule has 0 fully saturated rings. The number of hydrogen-bond acceptors (Lipinski definition) is 3. The third-order valence-corrected chi connectivity index (χ3v) is 5.63. The maximum absolute atomic E-state index is 12.4. The van der Waals surface area contributed by atoms with Crippen molar-refractivity contribution >= 4 is 17.7 Å². The van der Waals surface area contributed by atoms with Crippen LogP contribution in [0.15, 0.2) is 54.1 Å². The summed E-state index contributed by atoms with van der Waals surface area (Å²) in [5.41, 5.74) is 4.59. The van der Waals surface area contributed by atoms with Crippen LogP contribution in [0.2, 0.25) is 0 Å². The molecule has 0 saturated carbocycles. The van der Waals surface area contributed by atoms with Crippen molar-refractivity contribution in [3.8, 4) is 6.07 Å². The molecule has 2 aromatic rings. The molecule has 1 aliphatic heterocycles. The Balaban J connectivity index is 1.81. The first-order valence-corrected chi connectivity index (χ1v) is 9.63. The molecule has 1 amide bonds. The fourth-order valence-electron chi connectivity index (χ4n) is 3.87. The van der Waals surface area contributed by atoms with Gasteiger partial charge in [-0.05, 0) is 61.1 Å². The van der Waals surface area contributed by atoms with Crippen LogP contribution in [-0.4, -0.2) is 18.5 Å². The molecule has 144 valence electrons. The summed E-state index contributed by atoms with van der Waals surface area (Å²) in [6.45, 7) is 7.15. The first kappa shape index (κ1) is 19.7. The largest absolute Gasteiger partial charge is 0.369 e. The fourth-order valence-corrected chi connectivity index (χ4v) is 3.87. The maximum Gasteiger partial charge on any atom is 0.262 e.